The number of anilines is 3. The maximum atomic E-state index is 10.2. The van der Waals surface area contributed by atoms with E-state index in [9.17, 15) is 15.3 Å². The molecular weight excluding hydrogens is 410 g/mol. The Labute approximate surface area is 173 Å². The normalized spacial score (nSPS) is 12.3. The van der Waals surface area contributed by atoms with E-state index in [4.69, 9.17) is 9.47 Å². The fourth-order valence-electron chi connectivity index (χ4n) is 2.91. The molecule has 0 saturated heterocycles. The van der Waals surface area contributed by atoms with Gasteiger partial charge in [0.1, 0.15) is 5.75 Å². The van der Waals surface area contributed by atoms with Crippen LogP contribution in [0.2, 0.25) is 0 Å². The van der Waals surface area contributed by atoms with Gasteiger partial charge in [0.2, 0.25) is 18.1 Å². The molecule has 13 heteroatoms. The molecule has 1 aliphatic rings. The number of ether oxygens (including phenoxy) is 2. The highest BCUT2D eigenvalue weighted by Crippen LogP contribution is 2.38. The summed E-state index contributed by atoms with van der Waals surface area (Å²) < 4.78 is 15.2. The Balaban J connectivity index is 1.39. The first-order chi connectivity index (χ1) is 15.1. The topological polar surface area (TPSA) is 180 Å². The fraction of sp³-hybridized carbons (Fsp3) is 0.111. The van der Waals surface area contributed by atoms with Crippen LogP contribution in [0.3, 0.4) is 0 Å². The lowest BCUT2D eigenvalue weighted by molar-refractivity contribution is 0.174. The van der Waals surface area contributed by atoms with Gasteiger partial charge in [-0.05, 0) is 28.5 Å². The molecule has 0 saturated carbocycles. The third kappa shape index (κ3) is 3.49. The number of aromatic hydroxyl groups is 3. The van der Waals surface area contributed by atoms with Gasteiger partial charge in [0.15, 0.2) is 34.6 Å². The molecule has 158 valence electrons. The standard InChI is InChI=1S/C18H15N7O6/c26-10-3-1-2-9(14(10)28)20-15-16(22-18-17(21-15)24-31-25-18)23-19-6-8-4-12-13(5-11(8)27)30-7-29-12/h1-5,19,26-28H,6-7H2,(H,20,21,24)(H,22,23,25). The van der Waals surface area contributed by atoms with Crippen LogP contribution in [0.5, 0.6) is 28.7 Å². The van der Waals surface area contributed by atoms with Crippen LogP contribution in [-0.4, -0.2) is 42.4 Å². The largest absolute Gasteiger partial charge is 0.507 e. The van der Waals surface area contributed by atoms with Crippen LogP contribution < -0.4 is 25.6 Å². The zero-order chi connectivity index (χ0) is 21.4. The number of fused-ring (bicyclic) bond motifs is 2. The number of hydrogen-bond donors (Lipinski definition) is 6. The Morgan fingerprint density at radius 2 is 1.65 bits per heavy atom. The molecule has 6 N–H and O–H groups in total. The van der Waals surface area contributed by atoms with Gasteiger partial charge in [-0.2, -0.15) is 4.98 Å². The van der Waals surface area contributed by atoms with Gasteiger partial charge in [-0.15, -0.1) is 0 Å². The molecular formula is C18H15N7O6. The van der Waals surface area contributed by atoms with Gasteiger partial charge in [-0.25, -0.2) is 15.0 Å². The number of phenols is 3. The summed E-state index contributed by atoms with van der Waals surface area (Å²) in [5.41, 5.74) is 6.83. The van der Waals surface area contributed by atoms with Crippen molar-refractivity contribution in [3.63, 3.8) is 0 Å². The molecule has 0 amide bonds. The number of phenolic OH excluding ortho intramolecular Hbond substituents is 3. The quantitative estimate of drug-likeness (QED) is 0.194. The molecule has 3 heterocycles. The lowest BCUT2D eigenvalue weighted by Gasteiger charge is -2.14. The minimum Gasteiger partial charge on any atom is -0.507 e. The average molecular weight is 425 g/mol. The Morgan fingerprint density at radius 3 is 2.45 bits per heavy atom. The second-order valence-electron chi connectivity index (χ2n) is 6.44. The maximum absolute atomic E-state index is 10.2. The Kier molecular flexibility index (Phi) is 4.41. The van der Waals surface area contributed by atoms with Gasteiger partial charge in [-0.1, -0.05) is 6.07 Å². The van der Waals surface area contributed by atoms with E-state index in [2.05, 4.69) is 41.1 Å². The number of benzene rings is 2. The van der Waals surface area contributed by atoms with E-state index in [0.29, 0.717) is 17.1 Å². The highest BCUT2D eigenvalue weighted by atomic mass is 16.7. The monoisotopic (exact) mass is 425 g/mol. The number of nitrogens with one attached hydrogen (secondary N) is 3. The molecule has 4 aromatic rings. The Hall–Kier alpha value is -4.52. The highest BCUT2D eigenvalue weighted by Gasteiger charge is 2.18. The summed E-state index contributed by atoms with van der Waals surface area (Å²) in [5.74, 6) is 0.758. The van der Waals surface area contributed by atoms with Crippen LogP contribution in [0.4, 0.5) is 17.3 Å². The van der Waals surface area contributed by atoms with Gasteiger partial charge in [0.05, 0.1) is 5.69 Å². The summed E-state index contributed by atoms with van der Waals surface area (Å²) in [6, 6.07) is 7.57. The molecule has 0 aliphatic carbocycles. The third-order valence-corrected chi connectivity index (χ3v) is 4.44. The number of aromatic nitrogens is 4. The molecule has 0 spiro atoms. The van der Waals surface area contributed by atoms with E-state index in [1.165, 1.54) is 12.1 Å². The van der Waals surface area contributed by atoms with Crippen LogP contribution in [0.15, 0.2) is 35.0 Å². The van der Waals surface area contributed by atoms with Gasteiger partial charge in [-0.3, -0.25) is 0 Å². The average Bonchev–Trinajstić information content (AvgIpc) is 3.40. The Bertz CT molecular complexity index is 1280. The zero-order valence-electron chi connectivity index (χ0n) is 15.7. The van der Waals surface area contributed by atoms with Crippen molar-refractivity contribution in [3.05, 3.63) is 35.9 Å². The molecule has 2 aromatic heterocycles. The van der Waals surface area contributed by atoms with Crippen molar-refractivity contribution in [2.24, 2.45) is 0 Å². The summed E-state index contributed by atoms with van der Waals surface area (Å²) in [5, 5.41) is 40.1. The highest BCUT2D eigenvalue weighted by molar-refractivity contribution is 5.78. The minimum absolute atomic E-state index is 0.0313. The molecule has 5 rings (SSSR count). The van der Waals surface area contributed by atoms with Crippen molar-refractivity contribution in [1.82, 2.24) is 25.7 Å². The van der Waals surface area contributed by atoms with Gasteiger partial charge >= 0.3 is 0 Å². The first-order valence-electron chi connectivity index (χ1n) is 8.97. The number of rotatable bonds is 6. The fourth-order valence-corrected chi connectivity index (χ4v) is 2.91. The van der Waals surface area contributed by atoms with E-state index < -0.39 is 0 Å². The Morgan fingerprint density at radius 1 is 0.903 bits per heavy atom. The minimum atomic E-state index is -0.355. The van der Waals surface area contributed by atoms with E-state index in [1.54, 1.807) is 18.2 Å². The molecule has 2 aromatic carbocycles. The molecule has 0 radical (unpaired) electrons. The first-order valence-corrected chi connectivity index (χ1v) is 8.97. The summed E-state index contributed by atoms with van der Waals surface area (Å²) in [6.45, 7) is 0.290. The molecule has 0 bridgehead atoms. The number of para-hydroxylation sites is 1. The van der Waals surface area contributed by atoms with Crippen molar-refractivity contribution < 1.29 is 29.4 Å². The van der Waals surface area contributed by atoms with E-state index in [-0.39, 0.29) is 59.2 Å². The number of hydrazine groups is 1. The lowest BCUT2D eigenvalue weighted by atomic mass is 10.2. The summed E-state index contributed by atoms with van der Waals surface area (Å²) in [4.78, 5) is 8.55. The summed E-state index contributed by atoms with van der Waals surface area (Å²) in [6.07, 6.45) is 0. The summed E-state index contributed by atoms with van der Waals surface area (Å²) >= 11 is 0. The lowest BCUT2D eigenvalue weighted by Crippen LogP contribution is -2.23. The molecule has 13 nitrogen and oxygen atoms in total. The van der Waals surface area contributed by atoms with Gasteiger partial charge in [0.25, 0.3) is 0 Å². The predicted octanol–water partition coefficient (Wildman–Crippen LogP) is 1.72. The molecule has 31 heavy (non-hydrogen) atoms. The molecule has 0 fully saturated rings. The molecule has 0 unspecified atom stereocenters. The van der Waals surface area contributed by atoms with E-state index in [1.807, 2.05) is 0 Å². The summed E-state index contributed by atoms with van der Waals surface area (Å²) in [7, 11) is 0. The predicted molar refractivity (Wildman–Crippen MR) is 105 cm³/mol. The second kappa shape index (κ2) is 7.38. The van der Waals surface area contributed by atoms with Crippen molar-refractivity contribution in [3.8, 4) is 28.7 Å². The number of hydrogen-bond acceptors (Lipinski definition) is 13. The second-order valence-corrected chi connectivity index (χ2v) is 6.44. The van der Waals surface area contributed by atoms with Crippen molar-refractivity contribution in [2.45, 2.75) is 6.54 Å². The van der Waals surface area contributed by atoms with Crippen LogP contribution >= 0.6 is 0 Å². The zero-order valence-corrected chi connectivity index (χ0v) is 15.7. The van der Waals surface area contributed by atoms with Crippen LogP contribution in [-0.2, 0) is 6.54 Å². The van der Waals surface area contributed by atoms with Crippen LogP contribution in [0, 0.1) is 0 Å². The molecule has 1 aliphatic heterocycles. The third-order valence-electron chi connectivity index (χ3n) is 4.44. The van der Waals surface area contributed by atoms with Crippen LogP contribution in [0.1, 0.15) is 5.56 Å². The SMILES string of the molecule is Oc1cc2c(cc1CNNc1nc3nonc3nc1Nc1cccc(O)c1O)OCO2. The smallest absolute Gasteiger partial charge is 0.245 e. The van der Waals surface area contributed by atoms with Crippen LogP contribution in [0.25, 0.3) is 11.3 Å². The van der Waals surface area contributed by atoms with Gasteiger partial charge in [0, 0.05) is 18.2 Å². The van der Waals surface area contributed by atoms with Crippen molar-refractivity contribution in [1.29, 1.82) is 0 Å². The van der Waals surface area contributed by atoms with E-state index in [0.717, 1.165) is 0 Å². The van der Waals surface area contributed by atoms with E-state index >= 15 is 0 Å². The van der Waals surface area contributed by atoms with Gasteiger partial charge < -0.3 is 35.5 Å². The van der Waals surface area contributed by atoms with Crippen molar-refractivity contribution in [2.75, 3.05) is 17.5 Å². The molecule has 0 atom stereocenters. The first kappa shape index (κ1) is 18.5. The maximum Gasteiger partial charge on any atom is 0.245 e. The number of nitrogens with zero attached hydrogens (tertiary/aromatic N) is 4. The van der Waals surface area contributed by atoms with Crippen molar-refractivity contribution >= 4 is 28.6 Å².